The van der Waals surface area contributed by atoms with Crippen molar-refractivity contribution >= 4 is 5.91 Å². The van der Waals surface area contributed by atoms with Crippen LogP contribution in [0.3, 0.4) is 0 Å². The van der Waals surface area contributed by atoms with E-state index in [1.165, 1.54) is 0 Å². The molecule has 1 amide bonds. The third kappa shape index (κ3) is 4.17. The van der Waals surface area contributed by atoms with Gasteiger partial charge in [0.1, 0.15) is 0 Å². The van der Waals surface area contributed by atoms with Gasteiger partial charge in [0.2, 0.25) is 5.91 Å². The molecular formula is C15H28N2O3. The molecule has 0 radical (unpaired) electrons. The van der Waals surface area contributed by atoms with Crippen LogP contribution in [0.4, 0.5) is 0 Å². The molecule has 2 heterocycles. The highest BCUT2D eigenvalue weighted by Gasteiger charge is 2.30. The average Bonchev–Trinajstić information content (AvgIpc) is 3.09. The summed E-state index contributed by atoms with van der Waals surface area (Å²) < 4.78 is 11.3. The number of hydrogen-bond donors (Lipinski definition) is 1. The van der Waals surface area contributed by atoms with Crippen molar-refractivity contribution < 1.29 is 14.3 Å². The summed E-state index contributed by atoms with van der Waals surface area (Å²) in [6, 6.07) is -0.433. The molecule has 0 aliphatic carbocycles. The summed E-state index contributed by atoms with van der Waals surface area (Å²) in [5, 5.41) is 0. The lowest BCUT2D eigenvalue weighted by molar-refractivity contribution is -0.136. The predicted molar refractivity (Wildman–Crippen MR) is 77.3 cm³/mol. The van der Waals surface area contributed by atoms with E-state index >= 15 is 0 Å². The van der Waals surface area contributed by atoms with Crippen molar-refractivity contribution in [3.63, 3.8) is 0 Å². The number of rotatable bonds is 6. The summed E-state index contributed by atoms with van der Waals surface area (Å²) in [5.41, 5.74) is 6.04. The fourth-order valence-corrected chi connectivity index (χ4v) is 2.82. The van der Waals surface area contributed by atoms with E-state index in [4.69, 9.17) is 15.2 Å². The Morgan fingerprint density at radius 3 is 2.00 bits per heavy atom. The van der Waals surface area contributed by atoms with Gasteiger partial charge in [0.05, 0.1) is 18.2 Å². The summed E-state index contributed by atoms with van der Waals surface area (Å²) in [4.78, 5) is 14.4. The maximum atomic E-state index is 12.5. The van der Waals surface area contributed by atoms with Crippen molar-refractivity contribution in [2.75, 3.05) is 26.3 Å². The van der Waals surface area contributed by atoms with Gasteiger partial charge in [0.15, 0.2) is 0 Å². The molecule has 0 aromatic carbocycles. The zero-order valence-corrected chi connectivity index (χ0v) is 12.7. The van der Waals surface area contributed by atoms with Gasteiger partial charge in [0, 0.05) is 26.3 Å². The Hall–Kier alpha value is -0.650. The molecule has 2 rings (SSSR count). The van der Waals surface area contributed by atoms with Crippen LogP contribution in [0.25, 0.3) is 0 Å². The fourth-order valence-electron chi connectivity index (χ4n) is 2.82. The van der Waals surface area contributed by atoms with Gasteiger partial charge >= 0.3 is 0 Å². The summed E-state index contributed by atoms with van der Waals surface area (Å²) >= 11 is 0. The van der Waals surface area contributed by atoms with Gasteiger partial charge < -0.3 is 20.1 Å². The van der Waals surface area contributed by atoms with Crippen molar-refractivity contribution in [2.45, 2.75) is 57.8 Å². The Morgan fingerprint density at radius 1 is 1.15 bits per heavy atom. The second kappa shape index (κ2) is 7.38. The molecule has 2 N–H and O–H groups in total. The van der Waals surface area contributed by atoms with Gasteiger partial charge in [-0.2, -0.15) is 0 Å². The lowest BCUT2D eigenvalue weighted by atomic mass is 10.0. The number of amides is 1. The molecule has 2 aliphatic heterocycles. The number of nitrogens with two attached hydrogens (primary N) is 1. The molecule has 0 bridgehead atoms. The average molecular weight is 284 g/mol. The van der Waals surface area contributed by atoms with Gasteiger partial charge in [-0.25, -0.2) is 0 Å². The molecule has 2 aliphatic rings. The molecule has 0 aromatic rings. The highest BCUT2D eigenvalue weighted by Crippen LogP contribution is 2.18. The van der Waals surface area contributed by atoms with E-state index in [0.717, 1.165) is 38.9 Å². The fraction of sp³-hybridized carbons (Fsp3) is 0.933. The van der Waals surface area contributed by atoms with E-state index in [0.29, 0.717) is 13.1 Å². The maximum Gasteiger partial charge on any atom is 0.239 e. The number of ether oxygens (including phenoxy) is 2. The standard InChI is InChI=1S/C15H28N2O3/c1-11(2)14(16)15(18)17(9-12-5-3-7-19-12)10-13-6-4-8-20-13/h11-14H,3-10,16H2,1-2H3. The van der Waals surface area contributed by atoms with Gasteiger partial charge in [-0.1, -0.05) is 13.8 Å². The summed E-state index contributed by atoms with van der Waals surface area (Å²) in [6.07, 6.45) is 4.57. The Labute approximate surface area is 121 Å². The van der Waals surface area contributed by atoms with Crippen LogP contribution in [-0.4, -0.2) is 55.4 Å². The molecular weight excluding hydrogens is 256 g/mol. The first kappa shape index (κ1) is 15.7. The zero-order valence-electron chi connectivity index (χ0n) is 12.7. The van der Waals surface area contributed by atoms with Crippen LogP contribution >= 0.6 is 0 Å². The van der Waals surface area contributed by atoms with Crippen molar-refractivity contribution in [2.24, 2.45) is 11.7 Å². The van der Waals surface area contributed by atoms with Crippen molar-refractivity contribution in [3.8, 4) is 0 Å². The number of carbonyl (C=O) groups is 1. The first-order valence-electron chi connectivity index (χ1n) is 7.85. The minimum atomic E-state index is -0.433. The maximum absolute atomic E-state index is 12.5. The van der Waals surface area contributed by atoms with Crippen molar-refractivity contribution in [1.29, 1.82) is 0 Å². The molecule has 3 atom stereocenters. The van der Waals surface area contributed by atoms with Crippen LogP contribution in [0.1, 0.15) is 39.5 Å². The molecule has 0 aromatic heterocycles. The van der Waals surface area contributed by atoms with Crippen LogP contribution in [-0.2, 0) is 14.3 Å². The molecule has 20 heavy (non-hydrogen) atoms. The Morgan fingerprint density at radius 2 is 1.65 bits per heavy atom. The normalized spacial score (nSPS) is 28.0. The topological polar surface area (TPSA) is 64.8 Å². The smallest absolute Gasteiger partial charge is 0.239 e. The second-order valence-electron chi connectivity index (χ2n) is 6.28. The lowest BCUT2D eigenvalue weighted by Gasteiger charge is -2.31. The highest BCUT2D eigenvalue weighted by atomic mass is 16.5. The Balaban J connectivity index is 1.95. The third-order valence-corrected chi connectivity index (χ3v) is 4.21. The van der Waals surface area contributed by atoms with E-state index in [1.807, 2.05) is 18.7 Å². The monoisotopic (exact) mass is 284 g/mol. The van der Waals surface area contributed by atoms with E-state index in [1.54, 1.807) is 0 Å². The zero-order chi connectivity index (χ0) is 14.5. The minimum absolute atomic E-state index is 0.0333. The van der Waals surface area contributed by atoms with E-state index < -0.39 is 6.04 Å². The largest absolute Gasteiger partial charge is 0.376 e. The summed E-state index contributed by atoms with van der Waals surface area (Å²) in [7, 11) is 0. The lowest BCUT2D eigenvalue weighted by Crippen LogP contribution is -2.51. The Bertz CT molecular complexity index is 292. The van der Waals surface area contributed by atoms with Gasteiger partial charge in [-0.05, 0) is 31.6 Å². The van der Waals surface area contributed by atoms with Gasteiger partial charge in [-0.3, -0.25) is 4.79 Å². The molecule has 3 unspecified atom stereocenters. The highest BCUT2D eigenvalue weighted by molar-refractivity contribution is 5.82. The van der Waals surface area contributed by atoms with Crippen LogP contribution in [0.5, 0.6) is 0 Å². The van der Waals surface area contributed by atoms with E-state index in [2.05, 4.69) is 0 Å². The number of nitrogens with zero attached hydrogens (tertiary/aromatic N) is 1. The number of carbonyl (C=O) groups excluding carboxylic acids is 1. The Kier molecular flexibility index (Phi) is 5.81. The predicted octanol–water partition coefficient (Wildman–Crippen LogP) is 1.16. The molecule has 0 spiro atoms. The van der Waals surface area contributed by atoms with Gasteiger partial charge in [0.25, 0.3) is 0 Å². The molecule has 0 saturated carbocycles. The number of hydrogen-bond acceptors (Lipinski definition) is 4. The van der Waals surface area contributed by atoms with Gasteiger partial charge in [-0.15, -0.1) is 0 Å². The van der Waals surface area contributed by atoms with E-state index in [9.17, 15) is 4.79 Å². The molecule has 5 heteroatoms. The molecule has 116 valence electrons. The SMILES string of the molecule is CC(C)C(N)C(=O)N(CC1CCCO1)CC1CCCO1. The minimum Gasteiger partial charge on any atom is -0.376 e. The summed E-state index contributed by atoms with van der Waals surface area (Å²) in [6.45, 7) is 6.89. The van der Waals surface area contributed by atoms with Crippen LogP contribution in [0.2, 0.25) is 0 Å². The second-order valence-corrected chi connectivity index (χ2v) is 6.28. The quantitative estimate of drug-likeness (QED) is 0.795. The first-order valence-corrected chi connectivity index (χ1v) is 7.85. The van der Waals surface area contributed by atoms with Crippen LogP contribution in [0.15, 0.2) is 0 Å². The molecule has 5 nitrogen and oxygen atoms in total. The third-order valence-electron chi connectivity index (χ3n) is 4.21. The molecule has 2 fully saturated rings. The van der Waals surface area contributed by atoms with Crippen molar-refractivity contribution in [1.82, 2.24) is 4.90 Å². The molecule has 2 saturated heterocycles. The van der Waals surface area contributed by atoms with Crippen LogP contribution in [0, 0.1) is 5.92 Å². The van der Waals surface area contributed by atoms with Crippen LogP contribution < -0.4 is 5.73 Å². The first-order chi connectivity index (χ1) is 9.58. The van der Waals surface area contributed by atoms with E-state index in [-0.39, 0.29) is 24.0 Å². The van der Waals surface area contributed by atoms with Crippen molar-refractivity contribution in [3.05, 3.63) is 0 Å². The summed E-state index contributed by atoms with van der Waals surface area (Å²) in [5.74, 6) is 0.185.